The first kappa shape index (κ1) is 41.2. The molecule has 3 fully saturated rings. The lowest BCUT2D eigenvalue weighted by atomic mass is 9.70. The Morgan fingerprint density at radius 3 is 2.57 bits per heavy atom. The monoisotopic (exact) mass is 834 g/mol. The molecule has 300 valence electrons. The van der Waals surface area contributed by atoms with Crippen LogP contribution in [0.5, 0.6) is 0 Å². The predicted molar refractivity (Wildman–Crippen MR) is 211 cm³/mol. The summed E-state index contributed by atoms with van der Waals surface area (Å²) in [5, 5.41) is 22.4. The second-order valence-electron chi connectivity index (χ2n) is 14.8. The van der Waals surface area contributed by atoms with Gasteiger partial charge >= 0.3 is 5.97 Å². The van der Waals surface area contributed by atoms with Gasteiger partial charge < -0.3 is 34.4 Å². The molecule has 0 saturated carbocycles. The lowest BCUT2D eigenvalue weighted by Gasteiger charge is -2.40. The molecule has 6 rings (SSSR count). The summed E-state index contributed by atoms with van der Waals surface area (Å²) >= 11 is 3.75. The number of halogens is 1. The maximum atomic E-state index is 15.2. The third-order valence-corrected chi connectivity index (χ3v) is 12.3. The molecule has 1 aromatic heterocycles. The molecule has 14 nitrogen and oxygen atoms in total. The number of para-hydroxylation sites is 1. The van der Waals surface area contributed by atoms with Crippen LogP contribution >= 0.6 is 15.9 Å². The first-order valence-corrected chi connectivity index (χ1v) is 20.0. The number of likely N-dealkylation sites (tertiary alicyclic amines) is 1. The normalized spacial score (nSPS) is 26.0. The van der Waals surface area contributed by atoms with E-state index >= 15 is 9.59 Å². The van der Waals surface area contributed by atoms with Crippen LogP contribution in [0.25, 0.3) is 11.0 Å². The molecule has 3 amide bonds. The molecule has 4 heterocycles. The fourth-order valence-electron chi connectivity index (χ4n) is 8.64. The molecule has 2 aromatic carbocycles. The van der Waals surface area contributed by atoms with E-state index in [9.17, 15) is 14.7 Å². The van der Waals surface area contributed by atoms with Crippen molar-refractivity contribution in [3.8, 4) is 0 Å². The number of nitrogens with one attached hydrogen (secondary N) is 1. The lowest BCUT2D eigenvalue weighted by molar-refractivity contribution is -0.164. The van der Waals surface area contributed by atoms with Crippen molar-refractivity contribution in [3.63, 3.8) is 0 Å². The Morgan fingerprint density at radius 1 is 1.16 bits per heavy atom. The maximum absolute atomic E-state index is 15.2. The molecule has 10 atom stereocenters. The SMILES string of the molecule is C=CCCC(=O)N[C@@H](COC)[C@@H](OC(=O)[C@@H]1[C@H]2O[C@@]3(CC2Br)[C@H](C(=O)N(CC=C)Cn2nnc4ccccc42)N([C@@H](CO)[C@@H](C)CC)C(=O)[C@@H]13)c1ccccc1. The number of alkyl halides is 1. The van der Waals surface area contributed by atoms with Crippen LogP contribution in [0, 0.1) is 17.8 Å². The first-order valence-electron chi connectivity index (χ1n) is 19.1. The van der Waals surface area contributed by atoms with Gasteiger partial charge in [-0.05, 0) is 36.5 Å². The molecule has 0 radical (unpaired) electrons. The number of allylic oxidation sites excluding steroid dienone is 1. The molecule has 56 heavy (non-hydrogen) atoms. The zero-order chi connectivity index (χ0) is 40.1. The number of nitrogens with zero attached hydrogens (tertiary/aromatic N) is 5. The highest BCUT2D eigenvalue weighted by Crippen LogP contribution is 2.61. The minimum Gasteiger partial charge on any atom is -0.455 e. The van der Waals surface area contributed by atoms with Crippen molar-refractivity contribution in [1.82, 2.24) is 30.1 Å². The Hall–Kier alpha value is -4.44. The van der Waals surface area contributed by atoms with Gasteiger partial charge in [-0.15, -0.1) is 18.3 Å². The van der Waals surface area contributed by atoms with E-state index in [2.05, 4.69) is 44.7 Å². The summed E-state index contributed by atoms with van der Waals surface area (Å²) in [6, 6.07) is 13.7. The smallest absolute Gasteiger partial charge is 0.313 e. The van der Waals surface area contributed by atoms with E-state index in [1.54, 1.807) is 46.0 Å². The summed E-state index contributed by atoms with van der Waals surface area (Å²) in [6.45, 7) is 11.2. The molecule has 15 heteroatoms. The number of amides is 3. The number of hydrogen-bond acceptors (Lipinski definition) is 10. The van der Waals surface area contributed by atoms with Gasteiger partial charge in [0.05, 0.1) is 48.8 Å². The third kappa shape index (κ3) is 7.65. The second-order valence-corrected chi connectivity index (χ2v) is 16.0. The topological polar surface area (TPSA) is 165 Å². The van der Waals surface area contributed by atoms with Gasteiger partial charge in [0, 0.05) is 24.9 Å². The van der Waals surface area contributed by atoms with Crippen molar-refractivity contribution in [3.05, 3.63) is 85.5 Å². The highest BCUT2D eigenvalue weighted by molar-refractivity contribution is 9.09. The Balaban J connectivity index is 1.39. The predicted octanol–water partition coefficient (Wildman–Crippen LogP) is 3.94. The molecule has 2 N–H and O–H groups in total. The number of aromatic nitrogens is 3. The maximum Gasteiger partial charge on any atom is 0.313 e. The van der Waals surface area contributed by atoms with Crippen molar-refractivity contribution < 1.29 is 38.5 Å². The molecular weight excluding hydrogens is 784 g/mol. The Bertz CT molecular complexity index is 1910. The van der Waals surface area contributed by atoms with Crippen molar-refractivity contribution in [2.75, 3.05) is 26.9 Å². The minimum absolute atomic E-state index is 0.00255. The zero-order valence-corrected chi connectivity index (χ0v) is 33.6. The molecule has 3 aromatic rings. The summed E-state index contributed by atoms with van der Waals surface area (Å²) < 4.78 is 20.3. The van der Waals surface area contributed by atoms with Gasteiger partial charge in [-0.1, -0.05) is 96.0 Å². The number of esters is 1. The Kier molecular flexibility index (Phi) is 13.1. The minimum atomic E-state index is -1.44. The van der Waals surface area contributed by atoms with Crippen LogP contribution in [-0.2, 0) is 40.1 Å². The van der Waals surface area contributed by atoms with Gasteiger partial charge in [0.25, 0.3) is 0 Å². The highest BCUT2D eigenvalue weighted by atomic mass is 79.9. The number of aliphatic hydroxyl groups is 1. The summed E-state index contributed by atoms with van der Waals surface area (Å²) in [5.74, 6) is -4.28. The fourth-order valence-corrected chi connectivity index (χ4v) is 9.59. The lowest BCUT2D eigenvalue weighted by Crippen LogP contribution is -2.60. The van der Waals surface area contributed by atoms with E-state index in [0.717, 1.165) is 5.52 Å². The summed E-state index contributed by atoms with van der Waals surface area (Å²) in [4.78, 5) is 60.6. The van der Waals surface area contributed by atoms with Gasteiger partial charge in [0.1, 0.15) is 29.9 Å². The number of fused-ring (bicyclic) bond motifs is 2. The van der Waals surface area contributed by atoms with E-state index in [0.29, 0.717) is 23.9 Å². The van der Waals surface area contributed by atoms with Crippen LogP contribution in [0.15, 0.2) is 79.9 Å². The number of ether oxygens (including phenoxy) is 3. The van der Waals surface area contributed by atoms with E-state index in [1.807, 2.05) is 44.2 Å². The Labute approximate surface area is 335 Å². The van der Waals surface area contributed by atoms with Gasteiger partial charge in [-0.25, -0.2) is 4.68 Å². The number of carbonyl (C=O) groups excluding carboxylic acids is 4. The summed E-state index contributed by atoms with van der Waals surface area (Å²) in [6.07, 6.45) is 2.97. The number of hydrogen-bond donors (Lipinski definition) is 2. The van der Waals surface area contributed by atoms with Crippen LogP contribution in [-0.4, -0.2) is 115 Å². The summed E-state index contributed by atoms with van der Waals surface area (Å²) in [5.41, 5.74) is 0.558. The zero-order valence-electron chi connectivity index (χ0n) is 32.0. The van der Waals surface area contributed by atoms with Gasteiger partial charge in [0.15, 0.2) is 0 Å². The van der Waals surface area contributed by atoms with Crippen molar-refractivity contribution in [1.29, 1.82) is 0 Å². The number of benzene rings is 2. The number of rotatable bonds is 19. The van der Waals surface area contributed by atoms with Gasteiger partial charge in [-0.2, -0.15) is 0 Å². The molecule has 1 spiro atoms. The largest absolute Gasteiger partial charge is 0.455 e. The Morgan fingerprint density at radius 2 is 1.89 bits per heavy atom. The molecular formula is C41H51BrN6O8. The van der Waals surface area contributed by atoms with Crippen LogP contribution in [0.2, 0.25) is 0 Å². The standard InChI is InChI=1S/C41H51BrN6O8/c1-6-9-19-32(50)43-29(23-54-5)35(26-15-11-10-12-16-26)55-40(53)33-34-38(51)48(31(22-49)25(4)8-3)37(41(34)21-27(42)36(33)56-41)39(52)46(20-7-2)24-47-30-18-14-13-17-28(30)44-45-47/h6-7,10-18,25,27,29,31,33-37,49H,1-2,8-9,19-24H2,3-5H3,(H,43,50)/t25-,27?,29-,31-,33-,34+,35-,36-,37-,41+/m0/s1. The number of aliphatic hydroxyl groups excluding tert-OH is 1. The highest BCUT2D eigenvalue weighted by Gasteiger charge is 2.78. The molecule has 2 bridgehead atoms. The van der Waals surface area contributed by atoms with Crippen molar-refractivity contribution in [2.24, 2.45) is 17.8 Å². The summed E-state index contributed by atoms with van der Waals surface area (Å²) in [7, 11) is 1.49. The molecule has 1 unspecified atom stereocenters. The molecule has 3 aliphatic heterocycles. The van der Waals surface area contributed by atoms with Crippen molar-refractivity contribution >= 4 is 50.7 Å². The van der Waals surface area contributed by atoms with E-state index in [1.165, 1.54) is 12.0 Å². The van der Waals surface area contributed by atoms with Crippen LogP contribution in [0.4, 0.5) is 0 Å². The van der Waals surface area contributed by atoms with Crippen LogP contribution in [0.1, 0.15) is 51.2 Å². The van der Waals surface area contributed by atoms with Gasteiger partial charge in [0.2, 0.25) is 17.7 Å². The molecule has 3 aliphatic rings. The average Bonchev–Trinajstić information content (AvgIpc) is 3.93. The second kappa shape index (κ2) is 17.8. The first-order chi connectivity index (χ1) is 27.0. The third-order valence-electron chi connectivity index (χ3n) is 11.5. The van der Waals surface area contributed by atoms with E-state index < -0.39 is 77.0 Å². The van der Waals surface area contributed by atoms with E-state index in [4.69, 9.17) is 14.2 Å². The van der Waals surface area contributed by atoms with Crippen molar-refractivity contribution in [2.45, 2.75) is 87.0 Å². The molecule has 0 aliphatic carbocycles. The average molecular weight is 836 g/mol. The van der Waals surface area contributed by atoms with E-state index in [-0.39, 0.29) is 44.5 Å². The number of carbonyl (C=O) groups is 4. The van der Waals surface area contributed by atoms with Crippen LogP contribution in [0.3, 0.4) is 0 Å². The fraction of sp³-hybridized carbons (Fsp3) is 0.512. The number of methoxy groups -OCH3 is 1. The quantitative estimate of drug-likeness (QED) is 0.103. The van der Waals surface area contributed by atoms with Crippen LogP contribution < -0.4 is 5.32 Å². The van der Waals surface area contributed by atoms with Gasteiger partial charge in [-0.3, -0.25) is 19.2 Å². The molecule has 3 saturated heterocycles.